The summed E-state index contributed by atoms with van der Waals surface area (Å²) in [4.78, 5) is 19.0. The van der Waals surface area contributed by atoms with Crippen molar-refractivity contribution in [3.8, 4) is 0 Å². The molecule has 0 saturated carbocycles. The topological polar surface area (TPSA) is 62.2 Å². The summed E-state index contributed by atoms with van der Waals surface area (Å²) in [6.07, 6.45) is 3.06. The van der Waals surface area contributed by atoms with Crippen LogP contribution in [-0.4, -0.2) is 53.9 Å². The second kappa shape index (κ2) is 5.58. The molecule has 0 amide bonds. The molecule has 0 aromatic carbocycles. The molecule has 2 aliphatic rings. The van der Waals surface area contributed by atoms with Gasteiger partial charge in [0.1, 0.15) is 6.17 Å². The van der Waals surface area contributed by atoms with Gasteiger partial charge in [-0.3, -0.25) is 4.90 Å². The van der Waals surface area contributed by atoms with Gasteiger partial charge in [0, 0.05) is 20.1 Å². The molecule has 6 heteroatoms. The van der Waals surface area contributed by atoms with Gasteiger partial charge in [-0.05, 0) is 19.8 Å². The fourth-order valence-corrected chi connectivity index (χ4v) is 2.50. The van der Waals surface area contributed by atoms with Crippen LogP contribution in [0.1, 0.15) is 26.2 Å². The van der Waals surface area contributed by atoms with Crippen molar-refractivity contribution in [3.05, 3.63) is 11.5 Å². The zero-order valence-corrected chi connectivity index (χ0v) is 10.9. The Balaban J connectivity index is 2.23. The van der Waals surface area contributed by atoms with Gasteiger partial charge >= 0.3 is 5.97 Å². The lowest BCUT2D eigenvalue weighted by Gasteiger charge is -2.33. The Morgan fingerprint density at radius 2 is 2.11 bits per heavy atom. The van der Waals surface area contributed by atoms with E-state index in [-0.39, 0.29) is 17.7 Å². The van der Waals surface area contributed by atoms with E-state index in [1.807, 2.05) is 0 Å². The first-order chi connectivity index (χ1) is 8.65. The normalized spacial score (nSPS) is 29.2. The van der Waals surface area contributed by atoms with Crippen molar-refractivity contribution in [1.29, 1.82) is 0 Å². The van der Waals surface area contributed by atoms with Crippen molar-refractivity contribution < 1.29 is 19.5 Å². The Morgan fingerprint density at radius 3 is 2.72 bits per heavy atom. The summed E-state index contributed by atoms with van der Waals surface area (Å²) in [5.41, 5.74) is 0.209. The van der Waals surface area contributed by atoms with Crippen molar-refractivity contribution in [1.82, 2.24) is 9.96 Å². The van der Waals surface area contributed by atoms with Crippen LogP contribution in [0.25, 0.3) is 0 Å². The average Bonchev–Trinajstić information content (AvgIpc) is 2.65. The zero-order valence-electron chi connectivity index (χ0n) is 10.9. The van der Waals surface area contributed by atoms with Crippen LogP contribution in [0.4, 0.5) is 0 Å². The summed E-state index contributed by atoms with van der Waals surface area (Å²) in [6, 6.07) is 0. The number of likely N-dealkylation sites (tertiary alicyclic amines) is 1. The highest BCUT2D eigenvalue weighted by Crippen LogP contribution is 2.28. The van der Waals surface area contributed by atoms with Crippen LogP contribution in [-0.2, 0) is 14.4 Å². The van der Waals surface area contributed by atoms with Gasteiger partial charge in [-0.2, -0.15) is 0 Å². The summed E-state index contributed by atoms with van der Waals surface area (Å²) >= 11 is 0. The number of carbonyl (C=O) groups is 1. The van der Waals surface area contributed by atoms with Crippen LogP contribution in [0.15, 0.2) is 11.5 Å². The Morgan fingerprint density at radius 1 is 1.44 bits per heavy atom. The number of aliphatic hydroxyl groups is 1. The van der Waals surface area contributed by atoms with E-state index in [1.54, 1.807) is 14.0 Å². The van der Waals surface area contributed by atoms with Crippen molar-refractivity contribution in [2.24, 2.45) is 0 Å². The number of hydroxylamine groups is 2. The molecule has 2 fully saturated rings. The van der Waals surface area contributed by atoms with E-state index in [0.29, 0.717) is 6.61 Å². The molecule has 0 aromatic heterocycles. The molecule has 1 N–H and O–H groups in total. The van der Waals surface area contributed by atoms with Gasteiger partial charge in [-0.25, -0.2) is 4.79 Å². The number of rotatable bonds is 3. The molecule has 2 heterocycles. The van der Waals surface area contributed by atoms with Crippen molar-refractivity contribution >= 4 is 5.97 Å². The highest BCUT2D eigenvalue weighted by molar-refractivity contribution is 5.91. The number of likely N-dealkylation sites (N-methyl/N-ethyl adjacent to an activating group) is 1. The second-order valence-electron chi connectivity index (χ2n) is 4.55. The van der Waals surface area contributed by atoms with Crippen LogP contribution in [0.3, 0.4) is 0 Å². The van der Waals surface area contributed by atoms with Gasteiger partial charge in [0.05, 0.1) is 6.61 Å². The van der Waals surface area contributed by atoms with Gasteiger partial charge < -0.3 is 14.7 Å². The molecule has 0 radical (unpaired) electrons. The van der Waals surface area contributed by atoms with E-state index in [1.165, 1.54) is 11.5 Å². The third-order valence-electron chi connectivity index (χ3n) is 3.30. The minimum atomic E-state index is -0.529. The first-order valence-corrected chi connectivity index (χ1v) is 6.40. The van der Waals surface area contributed by atoms with Crippen LogP contribution >= 0.6 is 0 Å². The van der Waals surface area contributed by atoms with Gasteiger partial charge in [0.15, 0.2) is 5.57 Å². The number of hydrogen-bond acceptors (Lipinski definition) is 6. The van der Waals surface area contributed by atoms with Crippen LogP contribution in [0.5, 0.6) is 0 Å². The first-order valence-electron chi connectivity index (χ1n) is 6.40. The largest absolute Gasteiger partial charge is 0.481 e. The predicted molar refractivity (Wildman–Crippen MR) is 64.3 cm³/mol. The fraction of sp³-hybridized carbons (Fsp3) is 0.750. The molecular weight excluding hydrogens is 236 g/mol. The summed E-state index contributed by atoms with van der Waals surface area (Å²) in [7, 11) is 1.70. The maximum atomic E-state index is 11.8. The Kier molecular flexibility index (Phi) is 4.08. The van der Waals surface area contributed by atoms with E-state index in [4.69, 9.17) is 9.57 Å². The number of carbonyl (C=O) groups excluding carboxylic acids is 1. The molecule has 0 bridgehead atoms. The van der Waals surface area contributed by atoms with Gasteiger partial charge in [0.2, 0.25) is 0 Å². The highest BCUT2D eigenvalue weighted by Gasteiger charge is 2.43. The van der Waals surface area contributed by atoms with E-state index in [0.717, 1.165) is 25.9 Å². The van der Waals surface area contributed by atoms with Crippen molar-refractivity contribution in [2.75, 3.05) is 26.7 Å². The Bertz CT molecular complexity index is 350. The fourth-order valence-electron chi connectivity index (χ4n) is 2.50. The van der Waals surface area contributed by atoms with Crippen molar-refractivity contribution in [3.63, 3.8) is 0 Å². The SMILES string of the molecule is CCO/C(O)=C1\C(=O)ON(C)C1N1CCCCC1. The Hall–Kier alpha value is -1.27. The van der Waals surface area contributed by atoms with Crippen LogP contribution < -0.4 is 0 Å². The lowest BCUT2D eigenvalue weighted by molar-refractivity contribution is -0.177. The molecule has 6 nitrogen and oxygen atoms in total. The molecule has 2 rings (SSSR count). The molecule has 0 aliphatic carbocycles. The highest BCUT2D eigenvalue weighted by atomic mass is 16.7. The first kappa shape index (κ1) is 13.2. The summed E-state index contributed by atoms with van der Waals surface area (Å²) in [5, 5.41) is 11.3. The lowest BCUT2D eigenvalue weighted by Crippen LogP contribution is -2.46. The van der Waals surface area contributed by atoms with Gasteiger partial charge in [-0.1, -0.05) is 6.42 Å². The third kappa shape index (κ3) is 2.44. The average molecular weight is 256 g/mol. The molecule has 18 heavy (non-hydrogen) atoms. The quantitative estimate of drug-likeness (QED) is 0.600. The predicted octanol–water partition coefficient (Wildman–Crippen LogP) is 1.01. The summed E-state index contributed by atoms with van der Waals surface area (Å²) in [5.74, 6) is -0.846. The molecule has 1 unspecified atom stereocenters. The van der Waals surface area contributed by atoms with Crippen LogP contribution in [0, 0.1) is 0 Å². The minimum absolute atomic E-state index is 0.209. The van der Waals surface area contributed by atoms with Crippen LogP contribution in [0.2, 0.25) is 0 Å². The van der Waals surface area contributed by atoms with Gasteiger partial charge in [0.25, 0.3) is 5.95 Å². The standard InChI is InChI=1S/C12H20N2O4/c1-3-17-11(15)9-10(13(2)18-12(9)16)14-7-5-4-6-8-14/h10,15H,3-8H2,1-2H3/b11-9-. The Labute approximate surface area is 107 Å². The second-order valence-corrected chi connectivity index (χ2v) is 4.55. The molecule has 2 aliphatic heterocycles. The molecular formula is C12H20N2O4. The van der Waals surface area contributed by atoms with E-state index in [2.05, 4.69) is 4.90 Å². The molecule has 0 aromatic rings. The molecule has 2 saturated heterocycles. The maximum absolute atomic E-state index is 11.8. The summed E-state index contributed by atoms with van der Waals surface area (Å²) in [6.45, 7) is 3.87. The number of ether oxygens (including phenoxy) is 1. The molecule has 102 valence electrons. The van der Waals surface area contributed by atoms with E-state index in [9.17, 15) is 9.90 Å². The smallest absolute Gasteiger partial charge is 0.363 e. The maximum Gasteiger partial charge on any atom is 0.363 e. The number of hydrogen-bond donors (Lipinski definition) is 1. The summed E-state index contributed by atoms with van der Waals surface area (Å²) < 4.78 is 5.05. The number of piperidine rings is 1. The number of nitrogens with zero attached hydrogens (tertiary/aromatic N) is 2. The number of aliphatic hydroxyl groups excluding tert-OH is 1. The zero-order chi connectivity index (χ0) is 13.1. The van der Waals surface area contributed by atoms with Crippen molar-refractivity contribution in [2.45, 2.75) is 32.4 Å². The van der Waals surface area contributed by atoms with E-state index >= 15 is 0 Å². The van der Waals surface area contributed by atoms with E-state index < -0.39 is 5.97 Å². The monoisotopic (exact) mass is 256 g/mol. The molecule has 0 spiro atoms. The lowest BCUT2D eigenvalue weighted by atomic mass is 10.1. The molecule has 1 atom stereocenters. The minimum Gasteiger partial charge on any atom is -0.481 e. The van der Waals surface area contributed by atoms with Gasteiger partial charge in [-0.15, -0.1) is 5.06 Å². The third-order valence-corrected chi connectivity index (χ3v) is 3.30.